The quantitative estimate of drug-likeness (QED) is 0.417. The summed E-state index contributed by atoms with van der Waals surface area (Å²) >= 11 is 1.86. The number of rotatable bonds is 1. The third-order valence-corrected chi connectivity index (χ3v) is 7.13. The van der Waals surface area contributed by atoms with E-state index in [2.05, 4.69) is 82.3 Å². The molecule has 0 amide bonds. The van der Waals surface area contributed by atoms with Crippen LogP contribution in [0.1, 0.15) is 27.7 Å². The van der Waals surface area contributed by atoms with Crippen LogP contribution in [0.3, 0.4) is 0 Å². The van der Waals surface area contributed by atoms with E-state index in [1.165, 1.54) is 30.9 Å². The second-order valence-electron chi connectivity index (χ2n) is 8.11. The molecule has 0 N–H and O–H groups in total. The Bertz CT molecular complexity index is 1140. The molecule has 2 heterocycles. The highest BCUT2D eigenvalue weighted by atomic mass is 32.1. The molecule has 0 radical (unpaired) electrons. The molecule has 0 spiro atoms. The van der Waals surface area contributed by atoms with E-state index < -0.39 is 0 Å². The van der Waals surface area contributed by atoms with E-state index in [1.807, 2.05) is 11.3 Å². The van der Waals surface area contributed by atoms with Crippen LogP contribution in [0.5, 0.6) is 0 Å². The van der Waals surface area contributed by atoms with Crippen molar-refractivity contribution in [3.8, 4) is 0 Å². The lowest BCUT2D eigenvalue weighted by molar-refractivity contribution is 0.00578. The monoisotopic (exact) mass is 360 g/mol. The minimum atomic E-state index is -0.325. The Balaban J connectivity index is 1.70. The molecule has 0 aliphatic carbocycles. The number of hydrogen-bond donors (Lipinski definition) is 0. The van der Waals surface area contributed by atoms with Gasteiger partial charge in [-0.1, -0.05) is 48.5 Å². The topological polar surface area (TPSA) is 18.5 Å². The lowest BCUT2D eigenvalue weighted by Crippen LogP contribution is -2.41. The zero-order valence-electron chi connectivity index (χ0n) is 15.5. The molecular formula is C22H21BO2S. The molecule has 0 bridgehead atoms. The molecule has 1 fully saturated rings. The highest BCUT2D eigenvalue weighted by Gasteiger charge is 2.51. The second kappa shape index (κ2) is 5.32. The Morgan fingerprint density at radius 2 is 1.46 bits per heavy atom. The van der Waals surface area contributed by atoms with Gasteiger partial charge in [0.25, 0.3) is 0 Å². The zero-order chi connectivity index (χ0) is 18.1. The van der Waals surface area contributed by atoms with Gasteiger partial charge in [-0.2, -0.15) is 0 Å². The van der Waals surface area contributed by atoms with Crippen LogP contribution in [0.4, 0.5) is 0 Å². The van der Waals surface area contributed by atoms with Gasteiger partial charge in [-0.3, -0.25) is 0 Å². The molecule has 0 atom stereocenters. The Labute approximate surface area is 157 Å². The Morgan fingerprint density at radius 1 is 0.769 bits per heavy atom. The Morgan fingerprint density at radius 3 is 2.23 bits per heavy atom. The summed E-state index contributed by atoms with van der Waals surface area (Å²) in [6.07, 6.45) is 0. The third-order valence-electron chi connectivity index (χ3n) is 5.91. The first kappa shape index (κ1) is 16.3. The van der Waals surface area contributed by atoms with E-state index in [0.717, 1.165) is 5.46 Å². The van der Waals surface area contributed by atoms with E-state index >= 15 is 0 Å². The summed E-state index contributed by atoms with van der Waals surface area (Å²) in [4.78, 5) is 0. The third kappa shape index (κ3) is 2.26. The minimum Gasteiger partial charge on any atom is -0.399 e. The molecule has 4 heteroatoms. The smallest absolute Gasteiger partial charge is 0.399 e. The Hall–Kier alpha value is -1.88. The number of hydrogen-bond acceptors (Lipinski definition) is 3. The van der Waals surface area contributed by atoms with Crippen LogP contribution in [0.25, 0.3) is 30.9 Å². The predicted molar refractivity (Wildman–Crippen MR) is 113 cm³/mol. The molecule has 0 unspecified atom stereocenters. The van der Waals surface area contributed by atoms with Crippen LogP contribution in [0.2, 0.25) is 0 Å². The van der Waals surface area contributed by atoms with Gasteiger partial charge < -0.3 is 9.31 Å². The predicted octanol–water partition coefficient (Wildman–Crippen LogP) is 5.51. The van der Waals surface area contributed by atoms with Gasteiger partial charge in [-0.15, -0.1) is 11.3 Å². The minimum absolute atomic E-state index is 0.323. The van der Waals surface area contributed by atoms with Gasteiger partial charge in [-0.25, -0.2) is 0 Å². The van der Waals surface area contributed by atoms with Crippen molar-refractivity contribution >= 4 is 54.9 Å². The molecule has 26 heavy (non-hydrogen) atoms. The van der Waals surface area contributed by atoms with Crippen molar-refractivity contribution in [3.63, 3.8) is 0 Å². The first-order valence-electron chi connectivity index (χ1n) is 9.05. The summed E-state index contributed by atoms with van der Waals surface area (Å²) < 4.78 is 15.2. The van der Waals surface area contributed by atoms with E-state index in [1.54, 1.807) is 0 Å². The number of benzene rings is 3. The highest BCUT2D eigenvalue weighted by molar-refractivity contribution is 7.26. The zero-order valence-corrected chi connectivity index (χ0v) is 16.3. The van der Waals surface area contributed by atoms with E-state index in [4.69, 9.17) is 9.31 Å². The second-order valence-corrected chi connectivity index (χ2v) is 9.16. The average molecular weight is 360 g/mol. The number of fused-ring (bicyclic) bond motifs is 5. The molecule has 4 aromatic rings. The summed E-state index contributed by atoms with van der Waals surface area (Å²) in [6, 6.07) is 19.6. The van der Waals surface area contributed by atoms with Crippen LogP contribution >= 0.6 is 11.3 Å². The molecule has 1 saturated heterocycles. The van der Waals surface area contributed by atoms with Crippen LogP contribution in [0.15, 0.2) is 54.6 Å². The summed E-state index contributed by atoms with van der Waals surface area (Å²) in [5.41, 5.74) is 0.438. The maximum Gasteiger partial charge on any atom is 0.494 e. The molecule has 5 rings (SSSR count). The molecule has 1 aromatic heterocycles. The fraction of sp³-hybridized carbons (Fsp3) is 0.273. The first-order chi connectivity index (χ1) is 12.4. The summed E-state index contributed by atoms with van der Waals surface area (Å²) in [7, 11) is -0.325. The lowest BCUT2D eigenvalue weighted by Gasteiger charge is -2.32. The lowest BCUT2D eigenvalue weighted by atomic mass is 9.78. The van der Waals surface area contributed by atoms with Crippen molar-refractivity contribution in [2.75, 3.05) is 0 Å². The molecule has 2 nitrogen and oxygen atoms in total. The number of thiophene rings is 1. The van der Waals surface area contributed by atoms with Gasteiger partial charge >= 0.3 is 7.12 Å². The van der Waals surface area contributed by atoms with E-state index in [0.29, 0.717) is 0 Å². The Kier molecular flexibility index (Phi) is 3.34. The summed E-state index contributed by atoms with van der Waals surface area (Å²) in [5, 5.41) is 5.18. The van der Waals surface area contributed by atoms with Crippen molar-refractivity contribution in [1.82, 2.24) is 0 Å². The van der Waals surface area contributed by atoms with Crippen molar-refractivity contribution in [2.24, 2.45) is 0 Å². The van der Waals surface area contributed by atoms with Crippen LogP contribution in [0, 0.1) is 0 Å². The summed E-state index contributed by atoms with van der Waals surface area (Å²) in [5.74, 6) is 0. The normalized spacial score (nSPS) is 19.0. The molecular weight excluding hydrogens is 339 g/mol. The van der Waals surface area contributed by atoms with Crippen molar-refractivity contribution < 1.29 is 9.31 Å². The molecule has 3 aromatic carbocycles. The standard InChI is InChI=1S/C22H21BO2S/c1-21(2)22(3,4)25-23(24-21)15-11-9-14-10-12-17-16-7-5-6-8-19(16)26-20(17)18(14)13-15/h5-13H,1-4H3. The van der Waals surface area contributed by atoms with Gasteiger partial charge in [-0.05, 0) is 50.0 Å². The molecule has 0 saturated carbocycles. The average Bonchev–Trinajstić information content (AvgIpc) is 3.09. The van der Waals surface area contributed by atoms with Gasteiger partial charge in [0.15, 0.2) is 0 Å². The maximum atomic E-state index is 6.25. The maximum absolute atomic E-state index is 6.25. The van der Waals surface area contributed by atoms with Crippen molar-refractivity contribution in [2.45, 2.75) is 38.9 Å². The van der Waals surface area contributed by atoms with E-state index in [-0.39, 0.29) is 18.3 Å². The van der Waals surface area contributed by atoms with Gasteiger partial charge in [0.05, 0.1) is 11.2 Å². The molecule has 1 aliphatic heterocycles. The van der Waals surface area contributed by atoms with Crippen molar-refractivity contribution in [3.05, 3.63) is 54.6 Å². The molecule has 130 valence electrons. The van der Waals surface area contributed by atoms with E-state index in [9.17, 15) is 0 Å². The van der Waals surface area contributed by atoms with Gasteiger partial charge in [0.2, 0.25) is 0 Å². The summed E-state index contributed by atoms with van der Waals surface area (Å²) in [6.45, 7) is 8.38. The van der Waals surface area contributed by atoms with Crippen LogP contribution < -0.4 is 5.46 Å². The SMILES string of the molecule is CC1(C)OB(c2ccc3ccc4c5ccccc5sc4c3c2)OC1(C)C. The highest BCUT2D eigenvalue weighted by Crippen LogP contribution is 2.39. The van der Waals surface area contributed by atoms with Crippen molar-refractivity contribution in [1.29, 1.82) is 0 Å². The van der Waals surface area contributed by atoms with Crippen LogP contribution in [-0.2, 0) is 9.31 Å². The van der Waals surface area contributed by atoms with Crippen LogP contribution in [-0.4, -0.2) is 18.3 Å². The largest absolute Gasteiger partial charge is 0.494 e. The fourth-order valence-electron chi connectivity index (χ4n) is 3.65. The molecule has 1 aliphatic rings. The first-order valence-corrected chi connectivity index (χ1v) is 9.87. The van der Waals surface area contributed by atoms with Gasteiger partial charge in [0.1, 0.15) is 0 Å². The fourth-order valence-corrected chi connectivity index (χ4v) is 4.87. The van der Waals surface area contributed by atoms with Gasteiger partial charge in [0, 0.05) is 20.2 Å².